The average Bonchev–Trinajstić information content (AvgIpc) is 2.94. The Balaban J connectivity index is 1.60. The standard InChI is InChI=1S/C16H24N2OS/c1-16(7-3-8-17-10-16)11-18-15(19)13-4-2-5-14-12(13)6-9-20-14/h6,9,13,17H,2-5,7-8,10-11H2,1H3,(H,18,19). The van der Waals surface area contributed by atoms with Gasteiger partial charge in [-0.25, -0.2) is 0 Å². The van der Waals surface area contributed by atoms with Crippen molar-refractivity contribution in [3.63, 3.8) is 0 Å². The first-order chi connectivity index (χ1) is 9.68. The minimum Gasteiger partial charge on any atom is -0.355 e. The van der Waals surface area contributed by atoms with Crippen LogP contribution in [0.3, 0.4) is 0 Å². The van der Waals surface area contributed by atoms with E-state index < -0.39 is 0 Å². The van der Waals surface area contributed by atoms with Crippen molar-refractivity contribution in [3.8, 4) is 0 Å². The molecule has 0 aromatic carbocycles. The number of aryl methyl sites for hydroxylation is 1. The summed E-state index contributed by atoms with van der Waals surface area (Å²) in [7, 11) is 0. The number of rotatable bonds is 3. The zero-order valence-electron chi connectivity index (χ0n) is 12.2. The van der Waals surface area contributed by atoms with E-state index in [4.69, 9.17) is 0 Å². The Morgan fingerprint density at radius 1 is 1.55 bits per heavy atom. The van der Waals surface area contributed by atoms with Gasteiger partial charge in [0.1, 0.15) is 0 Å². The molecule has 2 atom stereocenters. The normalized spacial score (nSPS) is 29.8. The van der Waals surface area contributed by atoms with Gasteiger partial charge in [-0.3, -0.25) is 4.79 Å². The molecular weight excluding hydrogens is 268 g/mol. The number of piperidine rings is 1. The molecule has 4 heteroatoms. The Bertz CT molecular complexity index is 477. The second kappa shape index (κ2) is 5.86. The second-order valence-electron chi connectivity index (χ2n) is 6.55. The SMILES string of the molecule is CC1(CNC(=O)C2CCCc3sccc32)CCCNC1. The van der Waals surface area contributed by atoms with Crippen molar-refractivity contribution in [2.45, 2.75) is 44.9 Å². The molecule has 110 valence electrons. The van der Waals surface area contributed by atoms with Gasteiger partial charge in [-0.1, -0.05) is 6.92 Å². The Labute approximate surface area is 125 Å². The number of nitrogens with one attached hydrogen (secondary N) is 2. The lowest BCUT2D eigenvalue weighted by molar-refractivity contribution is -0.123. The summed E-state index contributed by atoms with van der Waals surface area (Å²) in [5.74, 6) is 0.321. The minimum absolute atomic E-state index is 0.0881. The lowest BCUT2D eigenvalue weighted by atomic mass is 9.82. The van der Waals surface area contributed by atoms with Crippen molar-refractivity contribution in [1.82, 2.24) is 10.6 Å². The minimum atomic E-state index is 0.0881. The van der Waals surface area contributed by atoms with Crippen LogP contribution in [0.4, 0.5) is 0 Å². The molecule has 2 unspecified atom stereocenters. The lowest BCUT2D eigenvalue weighted by Crippen LogP contribution is -2.46. The predicted molar refractivity (Wildman–Crippen MR) is 83.2 cm³/mol. The molecule has 1 amide bonds. The van der Waals surface area contributed by atoms with Crippen LogP contribution in [0, 0.1) is 5.41 Å². The van der Waals surface area contributed by atoms with Gasteiger partial charge >= 0.3 is 0 Å². The fraction of sp³-hybridized carbons (Fsp3) is 0.688. The number of thiophene rings is 1. The van der Waals surface area contributed by atoms with Crippen LogP contribution in [-0.4, -0.2) is 25.5 Å². The number of hydrogen-bond donors (Lipinski definition) is 2. The van der Waals surface area contributed by atoms with E-state index in [2.05, 4.69) is 29.0 Å². The predicted octanol–water partition coefficient (Wildman–Crippen LogP) is 2.67. The summed E-state index contributed by atoms with van der Waals surface area (Å²) in [6.45, 7) is 5.21. The molecule has 1 aromatic rings. The van der Waals surface area contributed by atoms with Crippen LogP contribution in [0.2, 0.25) is 0 Å². The highest BCUT2D eigenvalue weighted by Gasteiger charge is 2.31. The van der Waals surface area contributed by atoms with E-state index in [1.54, 1.807) is 11.3 Å². The summed E-state index contributed by atoms with van der Waals surface area (Å²) in [4.78, 5) is 13.9. The van der Waals surface area contributed by atoms with Gasteiger partial charge in [0.05, 0.1) is 5.92 Å². The second-order valence-corrected chi connectivity index (χ2v) is 7.55. The average molecular weight is 292 g/mol. The maximum Gasteiger partial charge on any atom is 0.227 e. The third-order valence-electron chi connectivity index (χ3n) is 4.74. The molecule has 0 saturated carbocycles. The van der Waals surface area contributed by atoms with Crippen molar-refractivity contribution in [1.29, 1.82) is 0 Å². The van der Waals surface area contributed by atoms with Crippen LogP contribution in [0.25, 0.3) is 0 Å². The third kappa shape index (κ3) is 2.91. The number of fused-ring (bicyclic) bond motifs is 1. The van der Waals surface area contributed by atoms with Gasteiger partial charge < -0.3 is 10.6 Å². The number of amides is 1. The smallest absolute Gasteiger partial charge is 0.227 e. The molecule has 0 spiro atoms. The molecule has 1 aromatic heterocycles. The van der Waals surface area contributed by atoms with Gasteiger partial charge in [0.15, 0.2) is 0 Å². The zero-order valence-corrected chi connectivity index (χ0v) is 13.0. The van der Waals surface area contributed by atoms with E-state index in [0.717, 1.165) is 38.9 Å². The molecule has 20 heavy (non-hydrogen) atoms. The van der Waals surface area contributed by atoms with Gasteiger partial charge in [0, 0.05) is 18.0 Å². The Morgan fingerprint density at radius 2 is 2.45 bits per heavy atom. The van der Waals surface area contributed by atoms with Crippen molar-refractivity contribution in [2.75, 3.05) is 19.6 Å². The molecule has 1 aliphatic heterocycles. The molecule has 1 fully saturated rings. The maximum atomic E-state index is 12.5. The molecule has 2 N–H and O–H groups in total. The van der Waals surface area contributed by atoms with Gasteiger partial charge in [0.25, 0.3) is 0 Å². The highest BCUT2D eigenvalue weighted by atomic mass is 32.1. The van der Waals surface area contributed by atoms with Gasteiger partial charge in [-0.05, 0) is 61.1 Å². The monoisotopic (exact) mass is 292 g/mol. The molecule has 2 aliphatic rings. The first-order valence-electron chi connectivity index (χ1n) is 7.73. The lowest BCUT2D eigenvalue weighted by Gasteiger charge is -2.35. The molecule has 3 rings (SSSR count). The van der Waals surface area contributed by atoms with Crippen LogP contribution in [0.1, 0.15) is 49.0 Å². The van der Waals surface area contributed by atoms with Gasteiger partial charge in [0.2, 0.25) is 5.91 Å². The van der Waals surface area contributed by atoms with Gasteiger partial charge in [-0.15, -0.1) is 11.3 Å². The largest absolute Gasteiger partial charge is 0.355 e. The molecule has 1 saturated heterocycles. The zero-order chi connectivity index (χ0) is 14.0. The van der Waals surface area contributed by atoms with E-state index in [1.165, 1.54) is 23.3 Å². The van der Waals surface area contributed by atoms with E-state index in [-0.39, 0.29) is 17.2 Å². The highest BCUT2D eigenvalue weighted by molar-refractivity contribution is 7.10. The van der Waals surface area contributed by atoms with Crippen LogP contribution in [0.15, 0.2) is 11.4 Å². The van der Waals surface area contributed by atoms with E-state index in [0.29, 0.717) is 0 Å². The first-order valence-corrected chi connectivity index (χ1v) is 8.61. The van der Waals surface area contributed by atoms with Crippen molar-refractivity contribution >= 4 is 17.2 Å². The summed E-state index contributed by atoms with van der Waals surface area (Å²) in [6, 6.07) is 2.15. The van der Waals surface area contributed by atoms with Crippen molar-refractivity contribution in [3.05, 3.63) is 21.9 Å². The van der Waals surface area contributed by atoms with Crippen LogP contribution in [-0.2, 0) is 11.2 Å². The fourth-order valence-electron chi connectivity index (χ4n) is 3.45. The Hall–Kier alpha value is -0.870. The summed E-state index contributed by atoms with van der Waals surface area (Å²) in [5.41, 5.74) is 1.51. The van der Waals surface area contributed by atoms with E-state index in [9.17, 15) is 4.79 Å². The molecular formula is C16H24N2OS. The summed E-state index contributed by atoms with van der Waals surface area (Å²) in [5, 5.41) is 8.79. The maximum absolute atomic E-state index is 12.5. The molecule has 3 nitrogen and oxygen atoms in total. The van der Waals surface area contributed by atoms with Gasteiger partial charge in [-0.2, -0.15) is 0 Å². The Morgan fingerprint density at radius 3 is 3.25 bits per heavy atom. The first kappa shape index (κ1) is 14.1. The third-order valence-corrected chi connectivity index (χ3v) is 5.74. The molecule has 1 aliphatic carbocycles. The molecule has 2 heterocycles. The van der Waals surface area contributed by atoms with Crippen LogP contribution in [0.5, 0.6) is 0 Å². The summed E-state index contributed by atoms with van der Waals surface area (Å²) in [6.07, 6.45) is 5.71. The number of hydrogen-bond acceptors (Lipinski definition) is 3. The van der Waals surface area contributed by atoms with Crippen molar-refractivity contribution in [2.24, 2.45) is 5.41 Å². The summed E-state index contributed by atoms with van der Waals surface area (Å²) >= 11 is 1.80. The molecule has 0 radical (unpaired) electrons. The quantitative estimate of drug-likeness (QED) is 0.899. The van der Waals surface area contributed by atoms with Crippen molar-refractivity contribution < 1.29 is 4.79 Å². The summed E-state index contributed by atoms with van der Waals surface area (Å²) < 4.78 is 0. The number of carbonyl (C=O) groups excluding carboxylic acids is 1. The Kier molecular flexibility index (Phi) is 4.13. The highest BCUT2D eigenvalue weighted by Crippen LogP contribution is 2.35. The number of carbonyl (C=O) groups is 1. The van der Waals surface area contributed by atoms with E-state index >= 15 is 0 Å². The fourth-order valence-corrected chi connectivity index (χ4v) is 4.44. The van der Waals surface area contributed by atoms with Crippen LogP contribution < -0.4 is 10.6 Å². The van der Waals surface area contributed by atoms with Crippen LogP contribution >= 0.6 is 11.3 Å². The topological polar surface area (TPSA) is 41.1 Å². The molecule has 0 bridgehead atoms. The van der Waals surface area contributed by atoms with E-state index in [1.807, 2.05) is 0 Å².